The molecule has 0 aliphatic rings. The number of nitrogens with one attached hydrogen (secondary N) is 1. The summed E-state index contributed by atoms with van der Waals surface area (Å²) in [5.74, 6) is 0.423. The zero-order valence-electron chi connectivity index (χ0n) is 12.7. The van der Waals surface area contributed by atoms with Gasteiger partial charge in [-0.2, -0.15) is 0 Å². The quantitative estimate of drug-likeness (QED) is 0.856. The van der Waals surface area contributed by atoms with Crippen molar-refractivity contribution >= 4 is 0 Å². The largest absolute Gasteiger partial charge is 0.453 e. The van der Waals surface area contributed by atoms with Crippen LogP contribution in [0.1, 0.15) is 37.6 Å². The SMILES string of the molecule is CCCNC(C)c1ccc(Oc2cccc(C)c2F)cn1. The molecule has 0 radical (unpaired) electrons. The highest BCUT2D eigenvalue weighted by atomic mass is 19.1. The molecular weight excluding hydrogens is 267 g/mol. The number of benzene rings is 1. The van der Waals surface area contributed by atoms with Crippen LogP contribution in [0.4, 0.5) is 4.39 Å². The minimum Gasteiger partial charge on any atom is -0.453 e. The van der Waals surface area contributed by atoms with Gasteiger partial charge in [0.05, 0.1) is 11.9 Å². The molecule has 0 aliphatic heterocycles. The molecule has 0 aliphatic carbocycles. The lowest BCUT2D eigenvalue weighted by molar-refractivity contribution is 0.437. The standard InChI is InChI=1S/C17H21FN2O/c1-4-10-19-13(3)15-9-8-14(11-20-15)21-16-7-5-6-12(2)17(16)18/h5-9,11,13,19H,4,10H2,1-3H3. The van der Waals surface area contributed by atoms with Gasteiger partial charge in [0.1, 0.15) is 5.75 Å². The molecule has 2 aromatic rings. The van der Waals surface area contributed by atoms with E-state index in [1.54, 1.807) is 31.3 Å². The summed E-state index contributed by atoms with van der Waals surface area (Å²) in [6, 6.07) is 9.00. The molecule has 3 nitrogen and oxygen atoms in total. The molecule has 21 heavy (non-hydrogen) atoms. The normalized spacial score (nSPS) is 12.2. The van der Waals surface area contributed by atoms with E-state index in [4.69, 9.17) is 4.74 Å². The topological polar surface area (TPSA) is 34.1 Å². The van der Waals surface area contributed by atoms with Crippen LogP contribution in [0.5, 0.6) is 11.5 Å². The van der Waals surface area contributed by atoms with E-state index in [1.807, 2.05) is 12.1 Å². The van der Waals surface area contributed by atoms with Crippen LogP contribution in [0.15, 0.2) is 36.5 Å². The number of halogens is 1. The number of hydrogen-bond donors (Lipinski definition) is 1. The molecule has 0 spiro atoms. The second-order valence-electron chi connectivity index (χ2n) is 5.08. The Morgan fingerprint density at radius 1 is 1.29 bits per heavy atom. The van der Waals surface area contributed by atoms with Gasteiger partial charge in [-0.3, -0.25) is 4.98 Å². The average molecular weight is 288 g/mol. The maximum Gasteiger partial charge on any atom is 0.168 e. The molecule has 0 bridgehead atoms. The molecule has 112 valence electrons. The molecule has 1 heterocycles. The molecule has 0 amide bonds. The zero-order chi connectivity index (χ0) is 15.2. The lowest BCUT2D eigenvalue weighted by Crippen LogP contribution is -2.20. The first-order valence-electron chi connectivity index (χ1n) is 7.24. The Kier molecular flexibility index (Phi) is 5.28. The molecule has 1 aromatic heterocycles. The van der Waals surface area contributed by atoms with E-state index in [0.29, 0.717) is 11.3 Å². The summed E-state index contributed by atoms with van der Waals surface area (Å²) in [4.78, 5) is 4.37. The predicted molar refractivity (Wildman–Crippen MR) is 82.2 cm³/mol. The fourth-order valence-electron chi connectivity index (χ4n) is 2.00. The van der Waals surface area contributed by atoms with Crippen LogP contribution < -0.4 is 10.1 Å². The van der Waals surface area contributed by atoms with Crippen molar-refractivity contribution in [1.82, 2.24) is 10.3 Å². The summed E-state index contributed by atoms with van der Waals surface area (Å²) >= 11 is 0. The highest BCUT2D eigenvalue weighted by Gasteiger charge is 2.09. The van der Waals surface area contributed by atoms with Gasteiger partial charge < -0.3 is 10.1 Å². The highest BCUT2D eigenvalue weighted by molar-refractivity contribution is 5.34. The third kappa shape index (κ3) is 4.02. The van der Waals surface area contributed by atoms with Crippen molar-refractivity contribution < 1.29 is 9.13 Å². The second kappa shape index (κ2) is 7.18. The van der Waals surface area contributed by atoms with Crippen molar-refractivity contribution in [2.45, 2.75) is 33.2 Å². The van der Waals surface area contributed by atoms with Crippen molar-refractivity contribution in [2.75, 3.05) is 6.54 Å². The number of pyridine rings is 1. The van der Waals surface area contributed by atoms with Crippen molar-refractivity contribution in [1.29, 1.82) is 0 Å². The average Bonchev–Trinajstić information content (AvgIpc) is 2.50. The number of rotatable bonds is 6. The minimum atomic E-state index is -0.334. The zero-order valence-corrected chi connectivity index (χ0v) is 12.7. The Balaban J connectivity index is 2.07. The fourth-order valence-corrected chi connectivity index (χ4v) is 2.00. The fraction of sp³-hybridized carbons (Fsp3) is 0.353. The first-order chi connectivity index (χ1) is 10.1. The molecule has 0 saturated heterocycles. The third-order valence-corrected chi connectivity index (χ3v) is 3.29. The molecule has 1 N–H and O–H groups in total. The number of aromatic nitrogens is 1. The van der Waals surface area contributed by atoms with Gasteiger partial charge in [-0.05, 0) is 50.6 Å². The van der Waals surface area contributed by atoms with Crippen LogP contribution in [-0.2, 0) is 0 Å². The molecule has 0 fully saturated rings. The van der Waals surface area contributed by atoms with Crippen molar-refractivity contribution in [3.05, 3.63) is 53.6 Å². The van der Waals surface area contributed by atoms with Gasteiger partial charge in [0, 0.05) is 6.04 Å². The number of hydrogen-bond acceptors (Lipinski definition) is 3. The smallest absolute Gasteiger partial charge is 0.168 e. The maximum absolute atomic E-state index is 13.9. The molecule has 2 rings (SSSR count). The van der Waals surface area contributed by atoms with E-state index in [9.17, 15) is 4.39 Å². The molecule has 0 saturated carbocycles. The molecule has 1 atom stereocenters. The van der Waals surface area contributed by atoms with E-state index in [0.717, 1.165) is 18.7 Å². The summed E-state index contributed by atoms with van der Waals surface area (Å²) in [6.07, 6.45) is 2.71. The van der Waals surface area contributed by atoms with Gasteiger partial charge in [0.25, 0.3) is 0 Å². The highest BCUT2D eigenvalue weighted by Crippen LogP contribution is 2.26. The lowest BCUT2D eigenvalue weighted by atomic mass is 10.2. The van der Waals surface area contributed by atoms with Crippen LogP contribution in [0.25, 0.3) is 0 Å². The van der Waals surface area contributed by atoms with E-state index in [-0.39, 0.29) is 17.6 Å². The van der Waals surface area contributed by atoms with E-state index in [2.05, 4.69) is 24.1 Å². The predicted octanol–water partition coefficient (Wildman–Crippen LogP) is 4.38. The number of nitrogens with zero attached hydrogens (tertiary/aromatic N) is 1. The summed E-state index contributed by atoms with van der Waals surface area (Å²) < 4.78 is 19.4. The van der Waals surface area contributed by atoms with Crippen LogP contribution in [0, 0.1) is 12.7 Å². The van der Waals surface area contributed by atoms with E-state index in [1.165, 1.54) is 0 Å². The van der Waals surface area contributed by atoms with Crippen molar-refractivity contribution in [3.63, 3.8) is 0 Å². The van der Waals surface area contributed by atoms with Crippen molar-refractivity contribution in [2.24, 2.45) is 0 Å². The second-order valence-corrected chi connectivity index (χ2v) is 5.08. The van der Waals surface area contributed by atoms with Gasteiger partial charge in [-0.25, -0.2) is 4.39 Å². The molecule has 1 aromatic carbocycles. The van der Waals surface area contributed by atoms with Crippen LogP contribution in [0.3, 0.4) is 0 Å². The van der Waals surface area contributed by atoms with Crippen molar-refractivity contribution in [3.8, 4) is 11.5 Å². The summed E-state index contributed by atoms with van der Waals surface area (Å²) in [5.41, 5.74) is 1.51. The van der Waals surface area contributed by atoms with Crippen LogP contribution >= 0.6 is 0 Å². The third-order valence-electron chi connectivity index (χ3n) is 3.29. The summed E-state index contributed by atoms with van der Waals surface area (Å²) in [5, 5.41) is 3.37. The monoisotopic (exact) mass is 288 g/mol. The molecular formula is C17H21FN2O. The Hall–Kier alpha value is -1.94. The first-order valence-corrected chi connectivity index (χ1v) is 7.24. The van der Waals surface area contributed by atoms with E-state index < -0.39 is 0 Å². The van der Waals surface area contributed by atoms with E-state index >= 15 is 0 Å². The van der Waals surface area contributed by atoms with Gasteiger partial charge in [-0.15, -0.1) is 0 Å². The molecule has 4 heteroatoms. The Morgan fingerprint density at radius 3 is 2.76 bits per heavy atom. The number of ether oxygens (including phenoxy) is 1. The lowest BCUT2D eigenvalue weighted by Gasteiger charge is -2.13. The Bertz CT molecular complexity index is 584. The minimum absolute atomic E-state index is 0.190. The van der Waals surface area contributed by atoms with Gasteiger partial charge >= 0.3 is 0 Å². The first kappa shape index (κ1) is 15.4. The number of aryl methyl sites for hydroxylation is 1. The summed E-state index contributed by atoms with van der Waals surface area (Å²) in [7, 11) is 0. The Labute approximate surface area is 125 Å². The van der Waals surface area contributed by atoms with Gasteiger partial charge in [0.2, 0.25) is 0 Å². The van der Waals surface area contributed by atoms with Gasteiger partial charge in [0.15, 0.2) is 11.6 Å². The maximum atomic E-state index is 13.9. The molecule has 1 unspecified atom stereocenters. The summed E-state index contributed by atoms with van der Waals surface area (Å²) in [6.45, 7) is 6.86. The van der Waals surface area contributed by atoms with Crippen LogP contribution in [-0.4, -0.2) is 11.5 Å². The van der Waals surface area contributed by atoms with Crippen LogP contribution in [0.2, 0.25) is 0 Å². The Morgan fingerprint density at radius 2 is 2.10 bits per heavy atom. The van der Waals surface area contributed by atoms with Gasteiger partial charge in [-0.1, -0.05) is 19.1 Å².